The summed E-state index contributed by atoms with van der Waals surface area (Å²) in [6.45, 7) is 3.12. The molecule has 0 bridgehead atoms. The van der Waals surface area contributed by atoms with Gasteiger partial charge in [-0.25, -0.2) is 4.68 Å². The van der Waals surface area contributed by atoms with Crippen molar-refractivity contribution in [1.82, 2.24) is 25.1 Å². The molecule has 1 fully saturated rings. The lowest BCUT2D eigenvalue weighted by Gasteiger charge is -2.36. The third-order valence-electron chi connectivity index (χ3n) is 4.98. The first-order valence-corrected chi connectivity index (χ1v) is 9.22. The van der Waals surface area contributed by atoms with Crippen LogP contribution >= 0.6 is 0 Å². The minimum atomic E-state index is 0.157. The highest BCUT2D eigenvalue weighted by molar-refractivity contribution is 5.79. The first-order chi connectivity index (χ1) is 13.7. The van der Waals surface area contributed by atoms with Crippen LogP contribution in [-0.4, -0.2) is 64.3 Å². The SMILES string of the molecule is COc1ccc(N2CCN(C(=O)Cc3ccc(-n4cnnn4)cc3)CC2)cc1. The number of hydrogen-bond donors (Lipinski definition) is 0. The Bertz CT molecular complexity index is 901. The van der Waals surface area contributed by atoms with Crippen LogP contribution < -0.4 is 9.64 Å². The van der Waals surface area contributed by atoms with Gasteiger partial charge < -0.3 is 14.5 Å². The molecule has 1 saturated heterocycles. The monoisotopic (exact) mass is 378 g/mol. The van der Waals surface area contributed by atoms with Crippen molar-refractivity contribution >= 4 is 11.6 Å². The van der Waals surface area contributed by atoms with E-state index in [0.29, 0.717) is 6.42 Å². The van der Waals surface area contributed by atoms with Crippen molar-refractivity contribution in [2.75, 3.05) is 38.2 Å². The number of tetrazole rings is 1. The van der Waals surface area contributed by atoms with Crippen molar-refractivity contribution in [2.45, 2.75) is 6.42 Å². The number of nitrogens with zero attached hydrogens (tertiary/aromatic N) is 6. The predicted molar refractivity (Wildman–Crippen MR) is 105 cm³/mol. The lowest BCUT2D eigenvalue weighted by molar-refractivity contribution is -0.130. The van der Waals surface area contributed by atoms with Crippen molar-refractivity contribution in [2.24, 2.45) is 0 Å². The normalized spacial score (nSPS) is 14.2. The molecule has 8 nitrogen and oxygen atoms in total. The molecule has 0 spiro atoms. The van der Waals surface area contributed by atoms with Crippen molar-refractivity contribution in [3.63, 3.8) is 0 Å². The summed E-state index contributed by atoms with van der Waals surface area (Å²) in [4.78, 5) is 16.9. The van der Waals surface area contributed by atoms with Gasteiger partial charge in [-0.2, -0.15) is 0 Å². The first kappa shape index (κ1) is 18.0. The number of piperazine rings is 1. The fourth-order valence-corrected chi connectivity index (χ4v) is 3.34. The maximum Gasteiger partial charge on any atom is 0.227 e. The summed E-state index contributed by atoms with van der Waals surface area (Å²) in [6, 6.07) is 15.8. The van der Waals surface area contributed by atoms with Crippen LogP contribution in [0.1, 0.15) is 5.56 Å². The summed E-state index contributed by atoms with van der Waals surface area (Å²) in [5.41, 5.74) is 3.01. The maximum atomic E-state index is 12.7. The van der Waals surface area contributed by atoms with E-state index in [9.17, 15) is 4.79 Å². The van der Waals surface area contributed by atoms with Crippen molar-refractivity contribution in [3.05, 3.63) is 60.4 Å². The molecule has 2 aromatic carbocycles. The van der Waals surface area contributed by atoms with Crippen LogP contribution in [0.15, 0.2) is 54.9 Å². The summed E-state index contributed by atoms with van der Waals surface area (Å²) in [7, 11) is 1.67. The molecule has 1 amide bonds. The Kier molecular flexibility index (Phi) is 5.18. The molecule has 2 heterocycles. The van der Waals surface area contributed by atoms with Crippen LogP contribution in [-0.2, 0) is 11.2 Å². The van der Waals surface area contributed by atoms with E-state index < -0.39 is 0 Å². The molecule has 0 unspecified atom stereocenters. The van der Waals surface area contributed by atoms with Gasteiger partial charge in [0.25, 0.3) is 0 Å². The fourth-order valence-electron chi connectivity index (χ4n) is 3.34. The van der Waals surface area contributed by atoms with Gasteiger partial charge in [0.05, 0.1) is 19.2 Å². The third kappa shape index (κ3) is 3.95. The topological polar surface area (TPSA) is 76.4 Å². The second-order valence-corrected chi connectivity index (χ2v) is 6.66. The van der Waals surface area contributed by atoms with Crippen LogP contribution in [0.2, 0.25) is 0 Å². The van der Waals surface area contributed by atoms with E-state index in [2.05, 4.69) is 32.6 Å². The highest BCUT2D eigenvalue weighted by atomic mass is 16.5. The number of aromatic nitrogens is 4. The second-order valence-electron chi connectivity index (χ2n) is 6.66. The highest BCUT2D eigenvalue weighted by Gasteiger charge is 2.21. The highest BCUT2D eigenvalue weighted by Crippen LogP contribution is 2.20. The summed E-state index contributed by atoms with van der Waals surface area (Å²) in [5.74, 6) is 1.01. The molecule has 28 heavy (non-hydrogen) atoms. The van der Waals surface area contributed by atoms with Crippen LogP contribution in [0.5, 0.6) is 5.75 Å². The second kappa shape index (κ2) is 8.08. The van der Waals surface area contributed by atoms with Crippen LogP contribution in [0.4, 0.5) is 5.69 Å². The predicted octanol–water partition coefficient (Wildman–Crippen LogP) is 1.56. The largest absolute Gasteiger partial charge is 0.497 e. The van der Waals surface area contributed by atoms with E-state index in [-0.39, 0.29) is 5.91 Å². The lowest BCUT2D eigenvalue weighted by Crippen LogP contribution is -2.49. The summed E-state index contributed by atoms with van der Waals surface area (Å²) in [5, 5.41) is 11.1. The Morgan fingerprint density at radius 1 is 0.964 bits per heavy atom. The van der Waals surface area contributed by atoms with Crippen LogP contribution in [0, 0.1) is 0 Å². The molecule has 144 valence electrons. The van der Waals surface area contributed by atoms with Gasteiger partial charge in [-0.3, -0.25) is 4.79 Å². The van der Waals surface area contributed by atoms with Crippen LogP contribution in [0.3, 0.4) is 0 Å². The molecule has 3 aromatic rings. The van der Waals surface area contributed by atoms with Crippen molar-refractivity contribution < 1.29 is 9.53 Å². The zero-order chi connectivity index (χ0) is 19.3. The van der Waals surface area contributed by atoms with Gasteiger partial charge in [0.1, 0.15) is 12.1 Å². The van der Waals surface area contributed by atoms with E-state index in [1.165, 1.54) is 0 Å². The molecule has 0 N–H and O–H groups in total. The molecule has 0 atom stereocenters. The minimum absolute atomic E-state index is 0.157. The van der Waals surface area contributed by atoms with Gasteiger partial charge in [0.2, 0.25) is 5.91 Å². The molecule has 4 rings (SSSR count). The van der Waals surface area contributed by atoms with E-state index in [1.807, 2.05) is 41.3 Å². The first-order valence-electron chi connectivity index (χ1n) is 9.22. The Balaban J connectivity index is 1.31. The molecule has 0 radical (unpaired) electrons. The number of carbonyl (C=O) groups excluding carboxylic acids is 1. The third-order valence-corrected chi connectivity index (χ3v) is 4.98. The molecule has 8 heteroatoms. The molecule has 0 aliphatic carbocycles. The maximum absolute atomic E-state index is 12.7. The van der Waals surface area contributed by atoms with E-state index in [0.717, 1.165) is 48.9 Å². The Hall–Kier alpha value is -3.42. The quantitative estimate of drug-likeness (QED) is 0.671. The van der Waals surface area contributed by atoms with Gasteiger partial charge in [0.15, 0.2) is 0 Å². The van der Waals surface area contributed by atoms with Gasteiger partial charge in [-0.1, -0.05) is 12.1 Å². The van der Waals surface area contributed by atoms with E-state index >= 15 is 0 Å². The average Bonchev–Trinajstić information content (AvgIpc) is 3.29. The summed E-state index contributed by atoms with van der Waals surface area (Å²) in [6.07, 6.45) is 1.95. The zero-order valence-electron chi connectivity index (χ0n) is 15.7. The number of rotatable bonds is 5. The van der Waals surface area contributed by atoms with Crippen molar-refractivity contribution in [3.8, 4) is 11.4 Å². The average molecular weight is 378 g/mol. The Morgan fingerprint density at radius 2 is 1.64 bits per heavy atom. The number of benzene rings is 2. The number of methoxy groups -OCH3 is 1. The Labute approximate surface area is 163 Å². The molecule has 0 saturated carbocycles. The van der Waals surface area contributed by atoms with Gasteiger partial charge in [-0.05, 0) is 52.4 Å². The summed E-state index contributed by atoms with van der Waals surface area (Å²) < 4.78 is 6.79. The number of carbonyl (C=O) groups is 1. The fraction of sp³-hybridized carbons (Fsp3) is 0.300. The van der Waals surface area contributed by atoms with E-state index in [1.54, 1.807) is 18.1 Å². The number of anilines is 1. The molecular weight excluding hydrogens is 356 g/mol. The molecule has 1 aliphatic rings. The standard InChI is InChI=1S/C20H22N6O2/c1-28-19-8-6-17(7-9-19)24-10-12-25(13-11-24)20(27)14-16-2-4-18(5-3-16)26-15-21-22-23-26/h2-9,15H,10-14H2,1H3. The number of ether oxygens (including phenoxy) is 1. The number of amides is 1. The molecular formula is C20H22N6O2. The zero-order valence-corrected chi connectivity index (χ0v) is 15.7. The van der Waals surface area contributed by atoms with Gasteiger partial charge in [-0.15, -0.1) is 5.10 Å². The lowest BCUT2D eigenvalue weighted by atomic mass is 10.1. The van der Waals surface area contributed by atoms with Gasteiger partial charge >= 0.3 is 0 Å². The van der Waals surface area contributed by atoms with E-state index in [4.69, 9.17) is 4.74 Å². The Morgan fingerprint density at radius 3 is 2.25 bits per heavy atom. The van der Waals surface area contributed by atoms with Crippen LogP contribution in [0.25, 0.3) is 5.69 Å². The smallest absolute Gasteiger partial charge is 0.227 e. The van der Waals surface area contributed by atoms with Gasteiger partial charge in [0, 0.05) is 31.9 Å². The summed E-state index contributed by atoms with van der Waals surface area (Å²) >= 11 is 0. The van der Waals surface area contributed by atoms with Crippen molar-refractivity contribution in [1.29, 1.82) is 0 Å². The number of hydrogen-bond acceptors (Lipinski definition) is 6. The minimum Gasteiger partial charge on any atom is -0.497 e. The molecule has 1 aromatic heterocycles. The molecule has 1 aliphatic heterocycles.